The summed E-state index contributed by atoms with van der Waals surface area (Å²) in [5.41, 5.74) is 6.93. The number of amidine groups is 1. The molecule has 0 atom stereocenters. The number of nitrogens with two attached hydrogens (primary N) is 1. The lowest BCUT2D eigenvalue weighted by atomic mass is 10.2. The number of hydrogen-bond donors (Lipinski definition) is 1. The van der Waals surface area contributed by atoms with Gasteiger partial charge in [0.25, 0.3) is 0 Å². The molecule has 7 nitrogen and oxygen atoms in total. The van der Waals surface area contributed by atoms with Gasteiger partial charge in [-0.3, -0.25) is 4.98 Å². The van der Waals surface area contributed by atoms with Gasteiger partial charge in [0.1, 0.15) is 10.8 Å². The smallest absolute Gasteiger partial charge is 0.231 e. The molecule has 0 amide bonds. The molecule has 0 bridgehead atoms. The molecule has 1 aliphatic heterocycles. The van der Waals surface area contributed by atoms with Gasteiger partial charge in [-0.25, -0.2) is 4.98 Å². The van der Waals surface area contributed by atoms with Crippen molar-refractivity contribution >= 4 is 23.7 Å². The number of ether oxygens (including phenoxy) is 2. The van der Waals surface area contributed by atoms with Crippen molar-refractivity contribution in [2.45, 2.75) is 0 Å². The highest BCUT2D eigenvalue weighted by atomic mass is 35.5. The second-order valence-corrected chi connectivity index (χ2v) is 4.46. The van der Waals surface area contributed by atoms with Gasteiger partial charge in [-0.15, -0.1) is 5.10 Å². The van der Waals surface area contributed by atoms with E-state index in [1.165, 1.54) is 12.4 Å². The Morgan fingerprint density at radius 3 is 3.00 bits per heavy atom. The molecular weight excluding hydrogens is 294 g/mol. The van der Waals surface area contributed by atoms with E-state index in [1.807, 2.05) is 6.07 Å². The molecule has 1 aliphatic rings. The maximum Gasteiger partial charge on any atom is 0.231 e. The predicted octanol–water partition coefficient (Wildman–Crippen LogP) is 1.60. The molecule has 1 aromatic heterocycles. The number of hydrogen-bond acceptors (Lipinski definition) is 6. The van der Waals surface area contributed by atoms with E-state index >= 15 is 0 Å². The van der Waals surface area contributed by atoms with Crippen LogP contribution in [0.4, 0.5) is 0 Å². The van der Waals surface area contributed by atoms with Crippen LogP contribution in [-0.4, -0.2) is 28.8 Å². The summed E-state index contributed by atoms with van der Waals surface area (Å²) < 4.78 is 10.5. The Hall–Kier alpha value is -2.67. The first-order chi connectivity index (χ1) is 10.2. The highest BCUT2D eigenvalue weighted by molar-refractivity contribution is 6.29. The van der Waals surface area contributed by atoms with E-state index < -0.39 is 0 Å². The average Bonchev–Trinajstić information content (AvgIpc) is 2.94. The molecule has 0 aliphatic carbocycles. The molecule has 106 valence electrons. The van der Waals surface area contributed by atoms with Gasteiger partial charge >= 0.3 is 0 Å². The lowest BCUT2D eigenvalue weighted by Gasteiger charge is -1.98. The molecular formula is C13H10ClN5O2. The van der Waals surface area contributed by atoms with Crippen LogP contribution < -0.4 is 15.2 Å². The van der Waals surface area contributed by atoms with Crippen LogP contribution in [0.5, 0.6) is 11.5 Å². The zero-order chi connectivity index (χ0) is 14.7. The number of benzene rings is 1. The number of nitrogens with zero attached hydrogens (tertiary/aromatic N) is 4. The van der Waals surface area contributed by atoms with E-state index in [0.717, 1.165) is 5.56 Å². The van der Waals surface area contributed by atoms with Crippen LogP contribution in [0.25, 0.3) is 0 Å². The Morgan fingerprint density at radius 1 is 1.29 bits per heavy atom. The Balaban J connectivity index is 1.75. The summed E-state index contributed by atoms with van der Waals surface area (Å²) in [6.45, 7) is 0.231. The predicted molar refractivity (Wildman–Crippen MR) is 77.9 cm³/mol. The standard InChI is InChI=1S/C13H10ClN5O2/c14-12-6-16-5-9(18-12)13(15)19-17-4-8-1-2-10-11(3-8)21-7-20-10/h1-6H,7H2,(H2,15,19)/b17-4+. The molecule has 2 N–H and O–H groups in total. The molecule has 1 aromatic carbocycles. The lowest BCUT2D eigenvalue weighted by molar-refractivity contribution is 0.174. The van der Waals surface area contributed by atoms with E-state index in [-0.39, 0.29) is 17.8 Å². The van der Waals surface area contributed by atoms with Crippen molar-refractivity contribution in [1.82, 2.24) is 9.97 Å². The molecule has 0 radical (unpaired) electrons. The van der Waals surface area contributed by atoms with Gasteiger partial charge in [0.05, 0.1) is 18.6 Å². The number of rotatable bonds is 3. The third-order valence-electron chi connectivity index (χ3n) is 2.64. The van der Waals surface area contributed by atoms with Gasteiger partial charge < -0.3 is 15.2 Å². The Morgan fingerprint density at radius 2 is 2.14 bits per heavy atom. The fourth-order valence-corrected chi connectivity index (χ4v) is 1.82. The monoisotopic (exact) mass is 303 g/mol. The number of halogens is 1. The summed E-state index contributed by atoms with van der Waals surface area (Å²) in [4.78, 5) is 7.86. The highest BCUT2D eigenvalue weighted by Gasteiger charge is 2.12. The lowest BCUT2D eigenvalue weighted by Crippen LogP contribution is -2.15. The first kappa shape index (κ1) is 13.3. The van der Waals surface area contributed by atoms with Gasteiger partial charge in [-0.05, 0) is 23.8 Å². The Labute approximate surface area is 125 Å². The number of aromatic nitrogens is 2. The minimum absolute atomic E-state index is 0.127. The van der Waals surface area contributed by atoms with Crippen molar-refractivity contribution in [3.63, 3.8) is 0 Å². The van der Waals surface area contributed by atoms with Gasteiger partial charge in [0.2, 0.25) is 6.79 Å². The summed E-state index contributed by atoms with van der Waals surface area (Å²) >= 11 is 5.72. The largest absolute Gasteiger partial charge is 0.454 e. The maximum absolute atomic E-state index is 5.75. The average molecular weight is 304 g/mol. The topological polar surface area (TPSA) is 95.0 Å². The molecule has 0 saturated carbocycles. The zero-order valence-electron chi connectivity index (χ0n) is 10.7. The van der Waals surface area contributed by atoms with Crippen LogP contribution in [0.2, 0.25) is 5.15 Å². The molecule has 21 heavy (non-hydrogen) atoms. The maximum atomic E-state index is 5.75. The van der Waals surface area contributed by atoms with E-state index in [1.54, 1.807) is 18.3 Å². The second kappa shape index (κ2) is 5.76. The SMILES string of the molecule is N/C(=N/N=C/c1ccc2c(c1)OCO2)c1cncc(Cl)n1. The van der Waals surface area contributed by atoms with Crippen molar-refractivity contribution in [3.8, 4) is 11.5 Å². The molecule has 2 aromatic rings. The Bertz CT molecular complexity index is 732. The van der Waals surface area contributed by atoms with Crippen molar-refractivity contribution in [1.29, 1.82) is 0 Å². The van der Waals surface area contributed by atoms with Crippen LogP contribution in [0.15, 0.2) is 40.8 Å². The van der Waals surface area contributed by atoms with E-state index in [4.69, 9.17) is 26.8 Å². The molecule has 0 unspecified atom stereocenters. The van der Waals surface area contributed by atoms with Crippen LogP contribution in [0.3, 0.4) is 0 Å². The number of fused-ring (bicyclic) bond motifs is 1. The highest BCUT2D eigenvalue weighted by Crippen LogP contribution is 2.31. The van der Waals surface area contributed by atoms with Gasteiger partial charge in [-0.2, -0.15) is 5.10 Å². The fraction of sp³-hybridized carbons (Fsp3) is 0.0769. The minimum Gasteiger partial charge on any atom is -0.454 e. The molecule has 0 spiro atoms. The summed E-state index contributed by atoms with van der Waals surface area (Å²) in [5.74, 6) is 1.52. The second-order valence-electron chi connectivity index (χ2n) is 4.07. The van der Waals surface area contributed by atoms with E-state index in [9.17, 15) is 0 Å². The van der Waals surface area contributed by atoms with Crippen molar-refractivity contribution < 1.29 is 9.47 Å². The summed E-state index contributed by atoms with van der Waals surface area (Å²) in [6, 6.07) is 5.44. The molecule has 8 heteroatoms. The van der Waals surface area contributed by atoms with Crippen molar-refractivity contribution in [2.24, 2.45) is 15.9 Å². The molecule has 0 saturated heterocycles. The minimum atomic E-state index is 0.127. The van der Waals surface area contributed by atoms with Crippen LogP contribution in [-0.2, 0) is 0 Å². The zero-order valence-corrected chi connectivity index (χ0v) is 11.5. The fourth-order valence-electron chi connectivity index (χ4n) is 1.67. The van der Waals surface area contributed by atoms with Crippen molar-refractivity contribution in [2.75, 3.05) is 6.79 Å². The summed E-state index contributed by atoms with van der Waals surface area (Å²) in [7, 11) is 0. The molecule has 0 fully saturated rings. The summed E-state index contributed by atoms with van der Waals surface area (Å²) in [6.07, 6.45) is 4.42. The third kappa shape index (κ3) is 3.09. The first-order valence-corrected chi connectivity index (χ1v) is 6.34. The first-order valence-electron chi connectivity index (χ1n) is 5.96. The van der Waals surface area contributed by atoms with E-state index in [0.29, 0.717) is 17.2 Å². The van der Waals surface area contributed by atoms with Crippen molar-refractivity contribution in [3.05, 3.63) is 47.0 Å². The molecule has 3 rings (SSSR count). The van der Waals surface area contributed by atoms with Crippen LogP contribution >= 0.6 is 11.6 Å². The van der Waals surface area contributed by atoms with Gasteiger partial charge in [0, 0.05) is 0 Å². The molecule has 2 heterocycles. The summed E-state index contributed by atoms with van der Waals surface area (Å²) in [5, 5.41) is 8.00. The Kier molecular flexibility index (Phi) is 3.65. The third-order valence-corrected chi connectivity index (χ3v) is 2.82. The van der Waals surface area contributed by atoms with Gasteiger partial charge in [-0.1, -0.05) is 11.6 Å². The normalized spacial score (nSPS) is 13.9. The van der Waals surface area contributed by atoms with Crippen LogP contribution in [0, 0.1) is 0 Å². The van der Waals surface area contributed by atoms with Crippen LogP contribution in [0.1, 0.15) is 11.3 Å². The van der Waals surface area contributed by atoms with Gasteiger partial charge in [0.15, 0.2) is 17.3 Å². The quantitative estimate of drug-likeness (QED) is 0.528. The van der Waals surface area contributed by atoms with E-state index in [2.05, 4.69) is 20.2 Å².